The normalized spacial score (nSPS) is 11.1. The van der Waals surface area contributed by atoms with E-state index in [1.54, 1.807) is 6.07 Å². The molecule has 96 valence electrons. The third kappa shape index (κ3) is 2.12. The number of nitrogens with zero attached hydrogens (tertiary/aromatic N) is 1. The zero-order chi connectivity index (χ0) is 13.6. The zero-order valence-corrected chi connectivity index (χ0v) is 12.6. The molecule has 0 radical (unpaired) electrons. The van der Waals surface area contributed by atoms with Crippen molar-refractivity contribution in [3.8, 4) is 5.69 Å². The number of aromatic amines is 1. The van der Waals surface area contributed by atoms with Gasteiger partial charge in [0.15, 0.2) is 4.77 Å². The summed E-state index contributed by atoms with van der Waals surface area (Å²) in [5, 5.41) is 0.0716. The number of fused-ring (bicyclic) bond motifs is 1. The van der Waals surface area contributed by atoms with Crippen molar-refractivity contribution in [3.05, 3.63) is 56.5 Å². The van der Waals surface area contributed by atoms with Crippen LogP contribution in [0.2, 0.25) is 5.02 Å². The van der Waals surface area contributed by atoms with Crippen LogP contribution in [0.15, 0.2) is 40.9 Å². The van der Waals surface area contributed by atoms with Gasteiger partial charge in [0.05, 0.1) is 21.7 Å². The molecule has 0 fully saturated rings. The standard InChI is InChI=1S/C13H7BrClFN2S/c14-7-3-1-2-4-11(7)18-12-5-8(15)9(16)6-10(12)17-13(18)19/h1-6H,(H,17,19). The molecule has 0 saturated carbocycles. The maximum absolute atomic E-state index is 13.5. The number of aromatic nitrogens is 2. The molecule has 0 aliphatic carbocycles. The van der Waals surface area contributed by atoms with Crippen molar-refractivity contribution in [1.29, 1.82) is 0 Å². The molecule has 1 aromatic heterocycles. The molecule has 0 aliphatic heterocycles. The van der Waals surface area contributed by atoms with Crippen LogP contribution in [0.25, 0.3) is 16.7 Å². The van der Waals surface area contributed by atoms with Crippen LogP contribution in [0.4, 0.5) is 4.39 Å². The molecule has 0 spiro atoms. The van der Waals surface area contributed by atoms with Crippen LogP contribution in [-0.4, -0.2) is 9.55 Å². The van der Waals surface area contributed by atoms with Gasteiger partial charge in [-0.2, -0.15) is 0 Å². The van der Waals surface area contributed by atoms with Crippen molar-refractivity contribution in [1.82, 2.24) is 9.55 Å². The second-order valence-electron chi connectivity index (χ2n) is 4.00. The number of rotatable bonds is 1. The first-order valence-corrected chi connectivity index (χ1v) is 7.00. The highest BCUT2D eigenvalue weighted by atomic mass is 79.9. The van der Waals surface area contributed by atoms with Gasteiger partial charge in [-0.3, -0.25) is 4.57 Å². The van der Waals surface area contributed by atoms with E-state index in [2.05, 4.69) is 20.9 Å². The first kappa shape index (κ1) is 12.8. The fourth-order valence-corrected chi connectivity index (χ4v) is 2.90. The molecular formula is C13H7BrClFN2S. The Kier molecular flexibility index (Phi) is 3.20. The van der Waals surface area contributed by atoms with E-state index in [1.165, 1.54) is 6.07 Å². The molecule has 0 bridgehead atoms. The predicted octanol–water partition coefficient (Wildman–Crippen LogP) is 5.24. The molecule has 0 atom stereocenters. The number of benzene rings is 2. The Morgan fingerprint density at radius 3 is 2.74 bits per heavy atom. The third-order valence-electron chi connectivity index (χ3n) is 2.82. The number of imidazole rings is 1. The highest BCUT2D eigenvalue weighted by Gasteiger charge is 2.11. The number of nitrogens with one attached hydrogen (secondary N) is 1. The smallest absolute Gasteiger partial charge is 0.182 e. The molecule has 0 unspecified atom stereocenters. The summed E-state index contributed by atoms with van der Waals surface area (Å²) in [5.74, 6) is -0.468. The highest BCUT2D eigenvalue weighted by molar-refractivity contribution is 9.10. The van der Waals surface area contributed by atoms with E-state index in [1.807, 2.05) is 28.8 Å². The number of hydrogen-bond donors (Lipinski definition) is 1. The molecule has 2 aromatic carbocycles. The molecule has 2 nitrogen and oxygen atoms in total. The van der Waals surface area contributed by atoms with Gasteiger partial charge in [0.1, 0.15) is 5.82 Å². The Hall–Kier alpha value is -1.17. The van der Waals surface area contributed by atoms with E-state index in [0.717, 1.165) is 15.7 Å². The maximum atomic E-state index is 13.5. The lowest BCUT2D eigenvalue weighted by molar-refractivity contribution is 0.630. The van der Waals surface area contributed by atoms with Gasteiger partial charge in [-0.05, 0) is 46.3 Å². The fourth-order valence-electron chi connectivity index (χ4n) is 1.97. The number of halogens is 3. The minimum Gasteiger partial charge on any atom is -0.330 e. The van der Waals surface area contributed by atoms with Gasteiger partial charge in [-0.15, -0.1) is 0 Å². The van der Waals surface area contributed by atoms with Crippen LogP contribution >= 0.6 is 39.7 Å². The Balaban J connectivity index is 2.42. The van der Waals surface area contributed by atoms with Crippen LogP contribution in [-0.2, 0) is 0 Å². The molecule has 6 heteroatoms. The van der Waals surface area contributed by atoms with Gasteiger partial charge in [0.25, 0.3) is 0 Å². The van der Waals surface area contributed by atoms with Crippen LogP contribution in [0.5, 0.6) is 0 Å². The summed E-state index contributed by atoms with van der Waals surface area (Å²) in [5.41, 5.74) is 2.23. The van der Waals surface area contributed by atoms with Gasteiger partial charge in [0.2, 0.25) is 0 Å². The van der Waals surface area contributed by atoms with Crippen molar-refractivity contribution in [3.63, 3.8) is 0 Å². The average molecular weight is 358 g/mol. The first-order valence-electron chi connectivity index (χ1n) is 5.42. The first-order chi connectivity index (χ1) is 9.08. The van der Waals surface area contributed by atoms with E-state index in [-0.39, 0.29) is 5.02 Å². The molecule has 1 heterocycles. The monoisotopic (exact) mass is 356 g/mol. The molecule has 0 aliphatic rings. The summed E-state index contributed by atoms with van der Waals surface area (Å²) in [7, 11) is 0. The summed E-state index contributed by atoms with van der Waals surface area (Å²) in [6.45, 7) is 0. The molecule has 1 N–H and O–H groups in total. The minimum atomic E-state index is -0.468. The summed E-state index contributed by atoms with van der Waals surface area (Å²) in [6, 6.07) is 10.6. The molecule has 0 saturated heterocycles. The quantitative estimate of drug-likeness (QED) is 0.590. The second kappa shape index (κ2) is 4.74. The lowest BCUT2D eigenvalue weighted by atomic mass is 10.2. The SMILES string of the molecule is Fc1cc2[nH]c(=S)n(-c3ccccc3Br)c2cc1Cl. The second-order valence-corrected chi connectivity index (χ2v) is 5.65. The largest absolute Gasteiger partial charge is 0.330 e. The van der Waals surface area contributed by atoms with Crippen molar-refractivity contribution in [2.24, 2.45) is 0 Å². The number of para-hydroxylation sites is 1. The van der Waals surface area contributed by atoms with Gasteiger partial charge in [-0.1, -0.05) is 23.7 Å². The average Bonchev–Trinajstić information content (AvgIpc) is 2.66. The Morgan fingerprint density at radius 2 is 2.00 bits per heavy atom. The molecule has 3 aromatic rings. The molecular weight excluding hydrogens is 351 g/mol. The molecule has 3 rings (SSSR count). The van der Waals surface area contributed by atoms with Gasteiger partial charge >= 0.3 is 0 Å². The van der Waals surface area contributed by atoms with E-state index in [0.29, 0.717) is 10.3 Å². The third-order valence-corrected chi connectivity index (χ3v) is 4.06. The fraction of sp³-hybridized carbons (Fsp3) is 0. The van der Waals surface area contributed by atoms with Crippen LogP contribution in [0.1, 0.15) is 0 Å². The zero-order valence-electron chi connectivity index (χ0n) is 9.45. The predicted molar refractivity (Wildman–Crippen MR) is 81.1 cm³/mol. The van der Waals surface area contributed by atoms with Gasteiger partial charge in [0, 0.05) is 10.5 Å². The van der Waals surface area contributed by atoms with E-state index >= 15 is 0 Å². The van der Waals surface area contributed by atoms with E-state index in [4.69, 9.17) is 23.8 Å². The summed E-state index contributed by atoms with van der Waals surface area (Å²) in [6.07, 6.45) is 0. The van der Waals surface area contributed by atoms with E-state index < -0.39 is 5.82 Å². The van der Waals surface area contributed by atoms with Crippen molar-refractivity contribution in [2.45, 2.75) is 0 Å². The lowest BCUT2D eigenvalue weighted by Crippen LogP contribution is -1.95. The molecule has 0 amide bonds. The van der Waals surface area contributed by atoms with Crippen molar-refractivity contribution in [2.75, 3.05) is 0 Å². The number of hydrogen-bond acceptors (Lipinski definition) is 1. The summed E-state index contributed by atoms with van der Waals surface area (Å²) >= 11 is 14.6. The topological polar surface area (TPSA) is 20.7 Å². The summed E-state index contributed by atoms with van der Waals surface area (Å²) in [4.78, 5) is 2.98. The van der Waals surface area contributed by atoms with Crippen molar-refractivity contribution < 1.29 is 4.39 Å². The van der Waals surface area contributed by atoms with Crippen molar-refractivity contribution >= 4 is 50.8 Å². The Labute approximate surface area is 127 Å². The highest BCUT2D eigenvalue weighted by Crippen LogP contribution is 2.28. The van der Waals surface area contributed by atoms with Crippen LogP contribution in [0, 0.1) is 10.6 Å². The molecule has 19 heavy (non-hydrogen) atoms. The maximum Gasteiger partial charge on any atom is 0.182 e. The number of H-pyrrole nitrogens is 1. The Morgan fingerprint density at radius 1 is 1.26 bits per heavy atom. The van der Waals surface area contributed by atoms with Crippen LogP contribution in [0.3, 0.4) is 0 Å². The van der Waals surface area contributed by atoms with Gasteiger partial charge in [-0.25, -0.2) is 4.39 Å². The minimum absolute atomic E-state index is 0.0716. The van der Waals surface area contributed by atoms with E-state index in [9.17, 15) is 4.39 Å². The summed E-state index contributed by atoms with van der Waals surface area (Å²) < 4.78 is 16.7. The van der Waals surface area contributed by atoms with Crippen LogP contribution < -0.4 is 0 Å². The Bertz CT molecular complexity index is 840. The lowest BCUT2D eigenvalue weighted by Gasteiger charge is -2.07. The van der Waals surface area contributed by atoms with Gasteiger partial charge < -0.3 is 4.98 Å².